The van der Waals surface area contributed by atoms with Gasteiger partial charge in [-0.15, -0.1) is 0 Å². The van der Waals surface area contributed by atoms with Crippen LogP contribution >= 0.6 is 11.6 Å². The van der Waals surface area contributed by atoms with Crippen molar-refractivity contribution in [3.05, 3.63) is 64.8 Å². The van der Waals surface area contributed by atoms with Gasteiger partial charge in [0.15, 0.2) is 5.78 Å². The predicted octanol–water partition coefficient (Wildman–Crippen LogP) is 3.63. The SMILES string of the molecule is Nc1cccc(C(=O)c2c[nH]c3ccccc23)c1Cl. The zero-order valence-electron chi connectivity index (χ0n) is 9.98. The summed E-state index contributed by atoms with van der Waals surface area (Å²) in [6.07, 6.45) is 1.70. The number of fused-ring (bicyclic) bond motifs is 1. The highest BCUT2D eigenvalue weighted by Gasteiger charge is 2.17. The van der Waals surface area contributed by atoms with Crippen molar-refractivity contribution in [2.75, 3.05) is 5.73 Å². The number of rotatable bonds is 2. The Balaban J connectivity index is 2.17. The van der Waals surface area contributed by atoms with Crippen LogP contribution in [-0.4, -0.2) is 10.8 Å². The number of halogens is 1. The Kier molecular flexibility index (Phi) is 2.76. The molecule has 4 heteroatoms. The minimum atomic E-state index is -0.130. The number of nitrogen functional groups attached to an aromatic ring is 1. The molecule has 0 aliphatic heterocycles. The zero-order valence-corrected chi connectivity index (χ0v) is 10.7. The first-order valence-electron chi connectivity index (χ1n) is 5.83. The Bertz CT molecular complexity index is 777. The van der Waals surface area contributed by atoms with E-state index in [-0.39, 0.29) is 5.78 Å². The first-order chi connectivity index (χ1) is 9.18. The van der Waals surface area contributed by atoms with Crippen LogP contribution in [-0.2, 0) is 0 Å². The highest BCUT2D eigenvalue weighted by molar-refractivity contribution is 6.37. The van der Waals surface area contributed by atoms with Crippen molar-refractivity contribution in [3.63, 3.8) is 0 Å². The Hall–Kier alpha value is -2.26. The third-order valence-electron chi connectivity index (χ3n) is 3.11. The number of hydrogen-bond acceptors (Lipinski definition) is 2. The highest BCUT2D eigenvalue weighted by Crippen LogP contribution is 2.27. The number of carbonyl (C=O) groups excluding carboxylic acids is 1. The fraction of sp³-hybridized carbons (Fsp3) is 0. The number of aromatic amines is 1. The van der Waals surface area contributed by atoms with E-state index in [0.29, 0.717) is 21.8 Å². The second-order valence-corrected chi connectivity index (χ2v) is 4.66. The van der Waals surface area contributed by atoms with Crippen molar-refractivity contribution in [1.29, 1.82) is 0 Å². The second kappa shape index (κ2) is 4.44. The number of hydrogen-bond donors (Lipinski definition) is 2. The van der Waals surface area contributed by atoms with E-state index in [1.807, 2.05) is 24.3 Å². The summed E-state index contributed by atoms with van der Waals surface area (Å²) in [6, 6.07) is 12.7. The number of aromatic nitrogens is 1. The molecule has 0 bridgehead atoms. The molecular formula is C15H11ClN2O. The minimum absolute atomic E-state index is 0.130. The second-order valence-electron chi connectivity index (χ2n) is 4.29. The predicted molar refractivity (Wildman–Crippen MR) is 77.6 cm³/mol. The van der Waals surface area contributed by atoms with Gasteiger partial charge in [0.05, 0.1) is 10.7 Å². The highest BCUT2D eigenvalue weighted by atomic mass is 35.5. The number of H-pyrrole nitrogens is 1. The maximum absolute atomic E-state index is 12.5. The number of nitrogens with two attached hydrogens (primary N) is 1. The fourth-order valence-electron chi connectivity index (χ4n) is 2.13. The average molecular weight is 271 g/mol. The molecular weight excluding hydrogens is 260 g/mol. The molecule has 19 heavy (non-hydrogen) atoms. The molecule has 1 heterocycles. The van der Waals surface area contributed by atoms with E-state index >= 15 is 0 Å². The van der Waals surface area contributed by atoms with Crippen molar-refractivity contribution < 1.29 is 4.79 Å². The standard InChI is InChI=1S/C15H11ClN2O/c16-14-10(5-3-6-12(14)17)15(19)11-8-18-13-7-2-1-4-9(11)13/h1-8,18H,17H2. The van der Waals surface area contributed by atoms with Gasteiger partial charge in [-0.25, -0.2) is 0 Å². The van der Waals surface area contributed by atoms with Gasteiger partial charge in [-0.05, 0) is 18.2 Å². The molecule has 0 spiro atoms. The number of carbonyl (C=O) groups is 1. The molecule has 0 fully saturated rings. The van der Waals surface area contributed by atoms with Gasteiger partial charge in [0, 0.05) is 28.2 Å². The maximum atomic E-state index is 12.5. The number of nitrogens with one attached hydrogen (secondary N) is 1. The van der Waals surface area contributed by atoms with Crippen LogP contribution in [0.15, 0.2) is 48.7 Å². The fourth-order valence-corrected chi connectivity index (χ4v) is 2.34. The van der Waals surface area contributed by atoms with Gasteiger partial charge in [-0.2, -0.15) is 0 Å². The Morgan fingerprint density at radius 1 is 1.05 bits per heavy atom. The number of para-hydroxylation sites is 1. The largest absolute Gasteiger partial charge is 0.398 e. The lowest BCUT2D eigenvalue weighted by atomic mass is 10.0. The normalized spacial score (nSPS) is 10.8. The van der Waals surface area contributed by atoms with E-state index in [2.05, 4.69) is 4.98 Å². The molecule has 0 atom stereocenters. The number of benzene rings is 2. The van der Waals surface area contributed by atoms with E-state index in [4.69, 9.17) is 17.3 Å². The van der Waals surface area contributed by atoms with Crippen molar-refractivity contribution in [2.45, 2.75) is 0 Å². The lowest BCUT2D eigenvalue weighted by Crippen LogP contribution is -2.03. The molecule has 0 amide bonds. The number of ketones is 1. The lowest BCUT2D eigenvalue weighted by molar-refractivity contribution is 0.104. The van der Waals surface area contributed by atoms with Crippen LogP contribution in [0.1, 0.15) is 15.9 Å². The first-order valence-corrected chi connectivity index (χ1v) is 6.21. The van der Waals surface area contributed by atoms with Crippen LogP contribution in [0.4, 0.5) is 5.69 Å². The zero-order chi connectivity index (χ0) is 13.4. The molecule has 0 radical (unpaired) electrons. The van der Waals surface area contributed by atoms with Crippen molar-refractivity contribution in [2.24, 2.45) is 0 Å². The van der Waals surface area contributed by atoms with Gasteiger partial charge < -0.3 is 10.7 Å². The molecule has 94 valence electrons. The molecule has 0 saturated carbocycles. The molecule has 3 rings (SSSR count). The van der Waals surface area contributed by atoms with E-state index in [1.165, 1.54) is 0 Å². The van der Waals surface area contributed by atoms with Gasteiger partial charge in [-0.3, -0.25) is 4.79 Å². The Morgan fingerprint density at radius 2 is 1.84 bits per heavy atom. The third kappa shape index (κ3) is 1.88. The van der Waals surface area contributed by atoms with E-state index in [9.17, 15) is 4.79 Å². The van der Waals surface area contributed by atoms with Crippen molar-refractivity contribution >= 4 is 34.0 Å². The van der Waals surface area contributed by atoms with E-state index < -0.39 is 0 Å². The summed E-state index contributed by atoms with van der Waals surface area (Å²) < 4.78 is 0. The van der Waals surface area contributed by atoms with Gasteiger partial charge >= 0.3 is 0 Å². The van der Waals surface area contributed by atoms with E-state index in [1.54, 1.807) is 24.4 Å². The van der Waals surface area contributed by atoms with E-state index in [0.717, 1.165) is 10.9 Å². The van der Waals surface area contributed by atoms with Gasteiger partial charge in [0.1, 0.15) is 0 Å². The van der Waals surface area contributed by atoms with Crippen molar-refractivity contribution in [1.82, 2.24) is 4.98 Å². The summed E-state index contributed by atoms with van der Waals surface area (Å²) in [5.41, 5.74) is 8.09. The van der Waals surface area contributed by atoms with Crippen molar-refractivity contribution in [3.8, 4) is 0 Å². The summed E-state index contributed by atoms with van der Waals surface area (Å²) in [4.78, 5) is 15.6. The number of anilines is 1. The summed E-state index contributed by atoms with van der Waals surface area (Å²) >= 11 is 6.10. The topological polar surface area (TPSA) is 58.9 Å². The molecule has 0 saturated heterocycles. The van der Waals surface area contributed by atoms with Gasteiger partial charge in [0.2, 0.25) is 0 Å². The molecule has 0 unspecified atom stereocenters. The average Bonchev–Trinajstić information content (AvgIpc) is 2.85. The van der Waals surface area contributed by atoms with Gasteiger partial charge in [0.25, 0.3) is 0 Å². The molecule has 0 aliphatic carbocycles. The third-order valence-corrected chi connectivity index (χ3v) is 3.53. The van der Waals surface area contributed by atoms with Gasteiger partial charge in [-0.1, -0.05) is 35.9 Å². The molecule has 3 N–H and O–H groups in total. The van der Waals surface area contributed by atoms with Crippen LogP contribution in [0.5, 0.6) is 0 Å². The first kappa shape index (κ1) is 11.8. The van der Waals surface area contributed by atoms with Crippen LogP contribution in [0.2, 0.25) is 5.02 Å². The molecule has 1 aromatic heterocycles. The molecule has 0 aliphatic rings. The smallest absolute Gasteiger partial charge is 0.196 e. The lowest BCUT2D eigenvalue weighted by Gasteiger charge is -2.04. The molecule has 3 aromatic rings. The quantitative estimate of drug-likeness (QED) is 0.552. The van der Waals surface area contributed by atoms with Crippen LogP contribution in [0.3, 0.4) is 0 Å². The summed E-state index contributed by atoms with van der Waals surface area (Å²) in [7, 11) is 0. The Morgan fingerprint density at radius 3 is 2.68 bits per heavy atom. The monoisotopic (exact) mass is 270 g/mol. The molecule has 3 nitrogen and oxygen atoms in total. The Labute approximate surface area is 115 Å². The summed E-state index contributed by atoms with van der Waals surface area (Å²) in [5.74, 6) is -0.130. The summed E-state index contributed by atoms with van der Waals surface area (Å²) in [6.45, 7) is 0. The summed E-state index contributed by atoms with van der Waals surface area (Å²) in [5, 5.41) is 1.18. The van der Waals surface area contributed by atoms with Crippen LogP contribution < -0.4 is 5.73 Å². The molecule has 2 aromatic carbocycles. The van der Waals surface area contributed by atoms with Crippen LogP contribution in [0.25, 0.3) is 10.9 Å². The minimum Gasteiger partial charge on any atom is -0.398 e. The maximum Gasteiger partial charge on any atom is 0.196 e. The van der Waals surface area contributed by atoms with Crippen LogP contribution in [0, 0.1) is 0 Å².